The summed E-state index contributed by atoms with van der Waals surface area (Å²) in [6.07, 6.45) is 2.39. The van der Waals surface area contributed by atoms with E-state index in [4.69, 9.17) is 18.0 Å². The number of thiocarbonyl (C=S) groups is 1. The van der Waals surface area contributed by atoms with Crippen LogP contribution in [-0.2, 0) is 0 Å². The van der Waals surface area contributed by atoms with Crippen LogP contribution in [0.4, 0.5) is 0 Å². The maximum Gasteiger partial charge on any atom is 0.0927 e. The van der Waals surface area contributed by atoms with E-state index in [1.54, 1.807) is 6.33 Å². The van der Waals surface area contributed by atoms with Crippen LogP contribution < -0.4 is 5.73 Å². The number of nitrogens with zero attached hydrogens (tertiary/aromatic N) is 1. The summed E-state index contributed by atoms with van der Waals surface area (Å²) in [4.78, 5) is 7.88. The summed E-state index contributed by atoms with van der Waals surface area (Å²) in [6, 6.07) is 0. The fourth-order valence-electron chi connectivity index (χ4n) is 0.901. The predicted octanol–water partition coefficient (Wildman–Crippen LogP) is 1.63. The zero-order valence-electron chi connectivity index (χ0n) is 7.24. The number of rotatable bonds is 3. The van der Waals surface area contributed by atoms with E-state index in [0.717, 1.165) is 22.7 Å². The molecule has 0 saturated heterocycles. The molecule has 1 aromatic rings. The van der Waals surface area contributed by atoms with Crippen molar-refractivity contribution in [3.8, 4) is 0 Å². The molecule has 0 aromatic carbocycles. The highest BCUT2D eigenvalue weighted by molar-refractivity contribution is 7.80. The summed E-state index contributed by atoms with van der Waals surface area (Å²) in [5.41, 5.74) is 7.26. The van der Waals surface area contributed by atoms with Crippen LogP contribution in [0.25, 0.3) is 0 Å². The van der Waals surface area contributed by atoms with Gasteiger partial charge in [-0.1, -0.05) is 12.2 Å². The fourth-order valence-corrected chi connectivity index (χ4v) is 1.23. The van der Waals surface area contributed by atoms with E-state index in [0.29, 0.717) is 6.54 Å². The number of aromatic amines is 1. The van der Waals surface area contributed by atoms with Gasteiger partial charge in [0.05, 0.1) is 17.7 Å². The molecule has 0 aliphatic heterocycles. The third-order valence-corrected chi connectivity index (χ3v) is 1.89. The summed E-state index contributed by atoms with van der Waals surface area (Å²) >= 11 is 5.11. The normalized spacial score (nSPS) is 8.46. The molecule has 6 heteroatoms. The topological polar surface area (TPSA) is 54.7 Å². The minimum absolute atomic E-state index is 0. The van der Waals surface area contributed by atoms with E-state index in [1.807, 2.05) is 6.92 Å². The minimum Gasteiger partial charge on any atom is -0.344 e. The van der Waals surface area contributed by atoms with E-state index in [1.165, 1.54) is 0 Å². The van der Waals surface area contributed by atoms with Gasteiger partial charge in [-0.3, -0.25) is 0 Å². The molecule has 0 fully saturated rings. The fraction of sp³-hybridized carbons (Fsp3) is 0.429. The van der Waals surface area contributed by atoms with Crippen LogP contribution in [0, 0.1) is 6.92 Å². The predicted molar refractivity (Wildman–Crippen MR) is 63.2 cm³/mol. The van der Waals surface area contributed by atoms with Crippen molar-refractivity contribution in [1.29, 1.82) is 0 Å². The molecule has 1 heterocycles. The molecule has 13 heavy (non-hydrogen) atoms. The molecule has 1 aromatic heterocycles. The number of nitrogens with one attached hydrogen (secondary N) is 1. The average molecular weight is 242 g/mol. The SMILES string of the molecule is Cc1nc[nH]c1C(=S)CCN.Cl.Cl. The van der Waals surface area contributed by atoms with Gasteiger partial charge in [0.2, 0.25) is 0 Å². The maximum absolute atomic E-state index is 5.36. The van der Waals surface area contributed by atoms with Gasteiger partial charge in [0, 0.05) is 4.86 Å². The summed E-state index contributed by atoms with van der Waals surface area (Å²) in [5, 5.41) is 0. The van der Waals surface area contributed by atoms with Gasteiger partial charge < -0.3 is 10.7 Å². The Morgan fingerprint density at radius 2 is 2.23 bits per heavy atom. The van der Waals surface area contributed by atoms with Crippen molar-refractivity contribution in [1.82, 2.24) is 9.97 Å². The quantitative estimate of drug-likeness (QED) is 0.625. The van der Waals surface area contributed by atoms with E-state index < -0.39 is 0 Å². The Hall–Kier alpha value is -0.160. The maximum atomic E-state index is 5.36. The van der Waals surface area contributed by atoms with Crippen molar-refractivity contribution in [3.05, 3.63) is 17.7 Å². The minimum atomic E-state index is 0. The van der Waals surface area contributed by atoms with E-state index in [9.17, 15) is 0 Å². The van der Waals surface area contributed by atoms with Crippen LogP contribution in [0.3, 0.4) is 0 Å². The summed E-state index contributed by atoms with van der Waals surface area (Å²) < 4.78 is 0. The first-order valence-corrected chi connectivity index (χ1v) is 3.89. The van der Waals surface area contributed by atoms with Crippen molar-refractivity contribution in [2.45, 2.75) is 13.3 Å². The van der Waals surface area contributed by atoms with Crippen molar-refractivity contribution >= 4 is 41.9 Å². The summed E-state index contributed by atoms with van der Waals surface area (Å²) in [7, 11) is 0. The second kappa shape index (κ2) is 7.26. The highest BCUT2D eigenvalue weighted by Crippen LogP contribution is 2.04. The lowest BCUT2D eigenvalue weighted by atomic mass is 10.2. The van der Waals surface area contributed by atoms with Crippen molar-refractivity contribution < 1.29 is 0 Å². The lowest BCUT2D eigenvalue weighted by Crippen LogP contribution is -2.08. The number of nitrogens with two attached hydrogens (primary N) is 1. The molecule has 0 unspecified atom stereocenters. The van der Waals surface area contributed by atoms with Gasteiger partial charge in [0.25, 0.3) is 0 Å². The Morgan fingerprint density at radius 1 is 1.62 bits per heavy atom. The highest BCUT2D eigenvalue weighted by Gasteiger charge is 2.04. The molecule has 3 nitrogen and oxygen atoms in total. The van der Waals surface area contributed by atoms with Crippen LogP contribution in [0.1, 0.15) is 17.8 Å². The van der Waals surface area contributed by atoms with Crippen LogP contribution >= 0.6 is 37.0 Å². The first-order valence-electron chi connectivity index (χ1n) is 3.49. The lowest BCUT2D eigenvalue weighted by molar-refractivity contribution is 1.05. The number of hydrogen-bond acceptors (Lipinski definition) is 3. The number of H-pyrrole nitrogens is 1. The zero-order chi connectivity index (χ0) is 8.27. The van der Waals surface area contributed by atoms with Crippen molar-refractivity contribution in [2.24, 2.45) is 5.73 Å². The number of hydrogen-bond donors (Lipinski definition) is 2. The van der Waals surface area contributed by atoms with Crippen molar-refractivity contribution in [3.63, 3.8) is 0 Å². The van der Waals surface area contributed by atoms with Crippen LogP contribution in [-0.4, -0.2) is 21.4 Å². The molecular formula is C7H13Cl2N3S. The number of aromatic nitrogens is 2. The molecule has 3 N–H and O–H groups in total. The molecule has 0 atom stereocenters. The van der Waals surface area contributed by atoms with Crippen LogP contribution in [0.5, 0.6) is 0 Å². The van der Waals surface area contributed by atoms with Gasteiger partial charge >= 0.3 is 0 Å². The molecule has 0 bridgehead atoms. The third kappa shape index (κ3) is 4.04. The van der Waals surface area contributed by atoms with Gasteiger partial charge in [-0.25, -0.2) is 4.98 Å². The Labute approximate surface area is 95.3 Å². The molecule has 0 spiro atoms. The van der Waals surface area contributed by atoms with E-state index in [2.05, 4.69) is 9.97 Å². The van der Waals surface area contributed by atoms with Gasteiger partial charge in [0.15, 0.2) is 0 Å². The highest BCUT2D eigenvalue weighted by atomic mass is 35.5. The lowest BCUT2D eigenvalue weighted by Gasteiger charge is -1.98. The monoisotopic (exact) mass is 241 g/mol. The van der Waals surface area contributed by atoms with Gasteiger partial charge in [0.1, 0.15) is 0 Å². The summed E-state index contributed by atoms with van der Waals surface area (Å²) in [6.45, 7) is 2.52. The van der Waals surface area contributed by atoms with Gasteiger partial charge in [-0.05, 0) is 19.9 Å². The molecule has 76 valence electrons. The smallest absolute Gasteiger partial charge is 0.0927 e. The first-order chi connectivity index (χ1) is 5.25. The van der Waals surface area contributed by atoms with Crippen molar-refractivity contribution in [2.75, 3.05) is 6.54 Å². The van der Waals surface area contributed by atoms with Gasteiger partial charge in [-0.15, -0.1) is 24.8 Å². The van der Waals surface area contributed by atoms with Gasteiger partial charge in [-0.2, -0.15) is 0 Å². The molecule has 0 saturated carbocycles. The summed E-state index contributed by atoms with van der Waals surface area (Å²) in [5.74, 6) is 0. The zero-order valence-corrected chi connectivity index (χ0v) is 9.69. The van der Waals surface area contributed by atoms with Crippen LogP contribution in [0.15, 0.2) is 6.33 Å². The number of aryl methyl sites for hydroxylation is 1. The molecule has 1 rings (SSSR count). The molecular weight excluding hydrogens is 229 g/mol. The Kier molecular flexibility index (Phi) is 8.56. The Bertz CT molecular complexity index is 262. The van der Waals surface area contributed by atoms with E-state index in [-0.39, 0.29) is 24.8 Å². The number of halogens is 2. The molecule has 0 amide bonds. The number of imidazole rings is 1. The second-order valence-corrected chi connectivity index (χ2v) is 2.82. The standard InChI is InChI=1S/C7H11N3S.2ClH/c1-5-7(10-4-9-5)6(11)2-3-8;;/h4H,2-3,8H2,1H3,(H,9,10);2*1H. The Morgan fingerprint density at radius 3 is 2.62 bits per heavy atom. The Balaban J connectivity index is 0. The molecule has 0 aliphatic rings. The third-order valence-electron chi connectivity index (χ3n) is 1.48. The first kappa shape index (κ1) is 15.3. The average Bonchev–Trinajstić information content (AvgIpc) is 2.36. The molecule has 0 aliphatic carbocycles. The van der Waals surface area contributed by atoms with E-state index >= 15 is 0 Å². The van der Waals surface area contributed by atoms with Crippen LogP contribution in [0.2, 0.25) is 0 Å². The second-order valence-electron chi connectivity index (χ2n) is 2.32. The molecule has 0 radical (unpaired) electrons. The largest absolute Gasteiger partial charge is 0.344 e.